The molecule has 3 nitrogen and oxygen atoms in total. The van der Waals surface area contributed by atoms with Gasteiger partial charge in [-0.25, -0.2) is 4.98 Å². The van der Waals surface area contributed by atoms with E-state index in [2.05, 4.69) is 4.98 Å². The number of carbonyl (C=O) groups excluding carboxylic acids is 1. The Labute approximate surface area is 68.7 Å². The van der Waals surface area contributed by atoms with Crippen LogP contribution in [0.25, 0.3) is 0 Å². The number of ketones is 1. The Morgan fingerprint density at radius 3 is 2.64 bits per heavy atom. The zero-order valence-electron chi connectivity index (χ0n) is 6.42. The van der Waals surface area contributed by atoms with Gasteiger partial charge in [0.25, 0.3) is 0 Å². The van der Waals surface area contributed by atoms with Gasteiger partial charge in [0.05, 0.1) is 15.6 Å². The second kappa shape index (κ2) is 3.11. The van der Waals surface area contributed by atoms with Gasteiger partial charge in [0, 0.05) is 0 Å². The maximum absolute atomic E-state index is 11.0. The third-order valence-electron chi connectivity index (χ3n) is 1.30. The van der Waals surface area contributed by atoms with Gasteiger partial charge in [-0.05, 0) is 13.8 Å². The van der Waals surface area contributed by atoms with E-state index >= 15 is 0 Å². The highest BCUT2D eigenvalue weighted by Crippen LogP contribution is 2.16. The molecule has 0 aromatic carbocycles. The highest BCUT2D eigenvalue weighted by atomic mass is 32.1. The van der Waals surface area contributed by atoms with Crippen molar-refractivity contribution >= 4 is 17.1 Å². The minimum atomic E-state index is -0.428. The van der Waals surface area contributed by atoms with Crippen molar-refractivity contribution in [1.29, 1.82) is 0 Å². The lowest BCUT2D eigenvalue weighted by Gasteiger charge is -1.90. The minimum absolute atomic E-state index is 0.242. The summed E-state index contributed by atoms with van der Waals surface area (Å²) >= 11 is 1.33. The van der Waals surface area contributed by atoms with Gasteiger partial charge in [0.15, 0.2) is 5.78 Å². The molecule has 1 rings (SSSR count). The van der Waals surface area contributed by atoms with Crippen LogP contribution in [0.1, 0.15) is 20.4 Å². The van der Waals surface area contributed by atoms with Gasteiger partial charge in [-0.3, -0.25) is 4.79 Å². The van der Waals surface area contributed by atoms with Crippen LogP contribution >= 0.6 is 11.3 Å². The molecule has 4 heteroatoms. The number of hydrogen-bond acceptors (Lipinski definition) is 4. The SMILES string of the molecule is Cc1nc(C)c(C(=O)CO)s1. The molecular formula is C7H9NO2S. The summed E-state index contributed by atoms with van der Waals surface area (Å²) in [5.74, 6) is -0.242. The number of hydrogen-bond donors (Lipinski definition) is 1. The van der Waals surface area contributed by atoms with Gasteiger partial charge in [-0.1, -0.05) is 0 Å². The topological polar surface area (TPSA) is 50.2 Å². The van der Waals surface area contributed by atoms with Gasteiger partial charge in [-0.2, -0.15) is 0 Å². The van der Waals surface area contributed by atoms with Crippen LogP contribution in [0.15, 0.2) is 0 Å². The van der Waals surface area contributed by atoms with Crippen molar-refractivity contribution in [1.82, 2.24) is 4.98 Å². The minimum Gasteiger partial charge on any atom is -0.388 e. The van der Waals surface area contributed by atoms with E-state index in [9.17, 15) is 4.79 Å². The highest BCUT2D eigenvalue weighted by molar-refractivity contribution is 7.13. The summed E-state index contributed by atoms with van der Waals surface area (Å²) in [6.07, 6.45) is 0. The lowest BCUT2D eigenvalue weighted by atomic mass is 10.3. The van der Waals surface area contributed by atoms with E-state index < -0.39 is 6.61 Å². The number of nitrogens with zero attached hydrogens (tertiary/aromatic N) is 1. The molecule has 0 saturated carbocycles. The van der Waals surface area contributed by atoms with Gasteiger partial charge in [-0.15, -0.1) is 11.3 Å². The molecule has 0 atom stereocenters. The molecule has 0 aliphatic rings. The number of carbonyl (C=O) groups is 1. The average Bonchev–Trinajstić information content (AvgIpc) is 2.28. The summed E-state index contributed by atoms with van der Waals surface area (Å²) in [7, 11) is 0. The predicted molar refractivity (Wildman–Crippen MR) is 43.0 cm³/mol. The molecule has 0 bridgehead atoms. The summed E-state index contributed by atoms with van der Waals surface area (Å²) in [5, 5.41) is 9.41. The first-order chi connectivity index (χ1) is 5.15. The average molecular weight is 171 g/mol. The molecule has 11 heavy (non-hydrogen) atoms. The molecule has 60 valence electrons. The molecule has 1 aromatic heterocycles. The van der Waals surface area contributed by atoms with E-state index in [4.69, 9.17) is 5.11 Å². The van der Waals surface area contributed by atoms with Crippen molar-refractivity contribution in [3.8, 4) is 0 Å². The van der Waals surface area contributed by atoms with Gasteiger partial charge in [0.1, 0.15) is 6.61 Å². The van der Waals surface area contributed by atoms with Crippen molar-refractivity contribution in [2.75, 3.05) is 6.61 Å². The smallest absolute Gasteiger partial charge is 0.199 e. The lowest BCUT2D eigenvalue weighted by Crippen LogP contribution is -2.03. The first kappa shape index (κ1) is 8.36. The molecular weight excluding hydrogens is 162 g/mol. The number of aliphatic hydroxyl groups excluding tert-OH is 1. The standard InChI is InChI=1S/C7H9NO2S/c1-4-7(6(10)3-9)11-5(2)8-4/h9H,3H2,1-2H3. The zero-order chi connectivity index (χ0) is 8.43. The van der Waals surface area contributed by atoms with E-state index in [0.29, 0.717) is 10.6 Å². The molecule has 1 aromatic rings. The third kappa shape index (κ3) is 1.64. The Kier molecular flexibility index (Phi) is 2.36. The second-order valence-electron chi connectivity index (χ2n) is 2.23. The Morgan fingerprint density at radius 2 is 2.27 bits per heavy atom. The van der Waals surface area contributed by atoms with Crippen LogP contribution in [0.5, 0.6) is 0 Å². The number of Topliss-reactive ketones (excluding diaryl/α,β-unsaturated/α-hetero) is 1. The summed E-state index contributed by atoms with van der Waals surface area (Å²) in [6.45, 7) is 3.18. The monoisotopic (exact) mass is 171 g/mol. The lowest BCUT2D eigenvalue weighted by molar-refractivity contribution is 0.0907. The molecule has 0 spiro atoms. The molecule has 0 saturated heterocycles. The predicted octanol–water partition coefficient (Wildman–Crippen LogP) is 0.935. The first-order valence-electron chi connectivity index (χ1n) is 3.23. The Morgan fingerprint density at radius 1 is 1.64 bits per heavy atom. The number of aliphatic hydroxyl groups is 1. The van der Waals surface area contributed by atoms with Crippen LogP contribution in [-0.4, -0.2) is 22.5 Å². The van der Waals surface area contributed by atoms with E-state index in [-0.39, 0.29) is 5.78 Å². The quantitative estimate of drug-likeness (QED) is 0.673. The van der Waals surface area contributed by atoms with E-state index in [1.807, 2.05) is 6.92 Å². The Bertz CT molecular complexity index is 280. The summed E-state index contributed by atoms with van der Waals surface area (Å²) in [6, 6.07) is 0. The fourth-order valence-corrected chi connectivity index (χ4v) is 1.71. The van der Waals surface area contributed by atoms with E-state index in [0.717, 1.165) is 5.01 Å². The molecule has 0 amide bonds. The van der Waals surface area contributed by atoms with Crippen LogP contribution in [-0.2, 0) is 0 Å². The summed E-state index contributed by atoms with van der Waals surface area (Å²) in [4.78, 5) is 15.6. The molecule has 0 unspecified atom stereocenters. The van der Waals surface area contributed by atoms with Crippen molar-refractivity contribution in [2.24, 2.45) is 0 Å². The van der Waals surface area contributed by atoms with Gasteiger partial charge >= 0.3 is 0 Å². The third-order valence-corrected chi connectivity index (χ3v) is 2.41. The zero-order valence-corrected chi connectivity index (χ0v) is 7.23. The van der Waals surface area contributed by atoms with Crippen molar-refractivity contribution < 1.29 is 9.90 Å². The van der Waals surface area contributed by atoms with Crippen molar-refractivity contribution in [2.45, 2.75) is 13.8 Å². The van der Waals surface area contributed by atoms with Crippen molar-refractivity contribution in [3.05, 3.63) is 15.6 Å². The summed E-state index contributed by atoms with van der Waals surface area (Å²) in [5.41, 5.74) is 0.714. The van der Waals surface area contributed by atoms with E-state index in [1.54, 1.807) is 6.92 Å². The number of thiazole rings is 1. The van der Waals surface area contributed by atoms with Crippen molar-refractivity contribution in [3.63, 3.8) is 0 Å². The van der Waals surface area contributed by atoms with Crippen LogP contribution in [0.2, 0.25) is 0 Å². The largest absolute Gasteiger partial charge is 0.388 e. The Hall–Kier alpha value is -0.740. The number of rotatable bonds is 2. The molecule has 1 heterocycles. The highest BCUT2D eigenvalue weighted by Gasteiger charge is 2.11. The van der Waals surface area contributed by atoms with E-state index in [1.165, 1.54) is 11.3 Å². The van der Waals surface area contributed by atoms with Gasteiger partial charge < -0.3 is 5.11 Å². The Balaban J connectivity index is 3.03. The molecule has 0 aliphatic heterocycles. The maximum atomic E-state index is 11.0. The maximum Gasteiger partial charge on any atom is 0.199 e. The van der Waals surface area contributed by atoms with Gasteiger partial charge in [0.2, 0.25) is 0 Å². The molecule has 0 radical (unpaired) electrons. The fourth-order valence-electron chi connectivity index (χ4n) is 0.862. The van der Waals surface area contributed by atoms with Crippen LogP contribution < -0.4 is 0 Å². The van der Waals surface area contributed by atoms with Crippen LogP contribution in [0.4, 0.5) is 0 Å². The fraction of sp³-hybridized carbons (Fsp3) is 0.429. The molecule has 0 fully saturated rings. The van der Waals surface area contributed by atoms with Crippen LogP contribution in [0, 0.1) is 13.8 Å². The molecule has 1 N–H and O–H groups in total. The number of aryl methyl sites for hydroxylation is 2. The number of aromatic nitrogens is 1. The van der Waals surface area contributed by atoms with Crippen LogP contribution in [0.3, 0.4) is 0 Å². The first-order valence-corrected chi connectivity index (χ1v) is 4.05. The summed E-state index contributed by atoms with van der Waals surface area (Å²) < 4.78 is 0. The molecule has 0 aliphatic carbocycles. The second-order valence-corrected chi connectivity index (χ2v) is 3.43. The normalized spacial score (nSPS) is 10.1.